The number of carbonyl (C=O) groups excluding carboxylic acids is 1. The average Bonchev–Trinajstić information content (AvgIpc) is 3.00. The van der Waals surface area contributed by atoms with E-state index in [0.29, 0.717) is 13.2 Å². The number of hydrogen-bond acceptors (Lipinski definition) is 3. The lowest BCUT2D eigenvalue weighted by Gasteiger charge is -2.16. The molecule has 1 aliphatic heterocycles. The summed E-state index contributed by atoms with van der Waals surface area (Å²) in [5, 5.41) is 12.6. The van der Waals surface area contributed by atoms with Crippen molar-refractivity contribution in [3.63, 3.8) is 0 Å². The molecule has 2 atom stereocenters. The van der Waals surface area contributed by atoms with Crippen LogP contribution >= 0.6 is 0 Å². The molecule has 1 aliphatic carbocycles. The van der Waals surface area contributed by atoms with E-state index in [2.05, 4.69) is 12.2 Å². The van der Waals surface area contributed by atoms with Crippen LogP contribution in [0.25, 0.3) is 0 Å². The number of rotatable bonds is 2. The maximum Gasteiger partial charge on any atom is 0.251 e. The molecule has 0 saturated carbocycles. The second-order valence-corrected chi connectivity index (χ2v) is 5.43. The van der Waals surface area contributed by atoms with Gasteiger partial charge in [0.15, 0.2) is 0 Å². The average molecular weight is 261 g/mol. The van der Waals surface area contributed by atoms with E-state index in [9.17, 15) is 9.90 Å². The first kappa shape index (κ1) is 12.6. The number of amides is 1. The summed E-state index contributed by atoms with van der Waals surface area (Å²) in [5.74, 6) is -0.0901. The fourth-order valence-corrected chi connectivity index (χ4v) is 3.03. The third-order valence-corrected chi connectivity index (χ3v) is 4.13. The third-order valence-electron chi connectivity index (χ3n) is 4.13. The zero-order chi connectivity index (χ0) is 13.4. The highest BCUT2D eigenvalue weighted by atomic mass is 16.5. The molecule has 1 aromatic rings. The SMILES string of the molecule is Cc1ccc(C(=O)N[C@H]2COC[C@@H]2O)c2c1CCC2. The Morgan fingerprint density at radius 2 is 2.11 bits per heavy atom. The highest BCUT2D eigenvalue weighted by Gasteiger charge is 2.29. The molecule has 4 heteroatoms. The summed E-state index contributed by atoms with van der Waals surface area (Å²) in [5.41, 5.74) is 4.55. The molecule has 3 rings (SSSR count). The van der Waals surface area contributed by atoms with Crippen LogP contribution in [-0.4, -0.2) is 36.4 Å². The van der Waals surface area contributed by atoms with Crippen molar-refractivity contribution in [2.24, 2.45) is 0 Å². The number of carbonyl (C=O) groups is 1. The first-order valence-electron chi connectivity index (χ1n) is 6.85. The maximum atomic E-state index is 12.3. The molecule has 0 radical (unpaired) electrons. The summed E-state index contributed by atoms with van der Waals surface area (Å²) in [6, 6.07) is 3.63. The van der Waals surface area contributed by atoms with E-state index in [1.165, 1.54) is 16.7 Å². The van der Waals surface area contributed by atoms with Gasteiger partial charge in [0.25, 0.3) is 5.91 Å². The van der Waals surface area contributed by atoms with E-state index in [0.717, 1.165) is 24.8 Å². The van der Waals surface area contributed by atoms with Crippen LogP contribution in [0.1, 0.15) is 33.5 Å². The first-order chi connectivity index (χ1) is 9.16. The van der Waals surface area contributed by atoms with E-state index < -0.39 is 6.10 Å². The summed E-state index contributed by atoms with van der Waals surface area (Å²) >= 11 is 0. The Balaban J connectivity index is 1.82. The minimum absolute atomic E-state index is 0.0901. The van der Waals surface area contributed by atoms with Gasteiger partial charge >= 0.3 is 0 Å². The number of hydrogen-bond donors (Lipinski definition) is 2. The van der Waals surface area contributed by atoms with Crippen LogP contribution in [-0.2, 0) is 17.6 Å². The number of fused-ring (bicyclic) bond motifs is 1. The fraction of sp³-hybridized carbons (Fsp3) is 0.533. The Kier molecular flexibility index (Phi) is 3.29. The number of aryl methyl sites for hydroxylation is 1. The fourth-order valence-electron chi connectivity index (χ4n) is 3.03. The van der Waals surface area contributed by atoms with Crippen LogP contribution in [0.5, 0.6) is 0 Å². The topological polar surface area (TPSA) is 58.6 Å². The summed E-state index contributed by atoms with van der Waals surface area (Å²) < 4.78 is 5.15. The minimum atomic E-state index is -0.595. The molecule has 1 fully saturated rings. The molecular weight excluding hydrogens is 242 g/mol. The molecule has 102 valence electrons. The molecule has 4 nitrogen and oxygen atoms in total. The van der Waals surface area contributed by atoms with Gasteiger partial charge in [-0.1, -0.05) is 6.07 Å². The van der Waals surface area contributed by atoms with Crippen molar-refractivity contribution in [3.8, 4) is 0 Å². The molecule has 1 heterocycles. The van der Waals surface area contributed by atoms with E-state index in [4.69, 9.17) is 4.74 Å². The molecule has 0 unspecified atom stereocenters. The van der Waals surface area contributed by atoms with Crippen molar-refractivity contribution in [1.82, 2.24) is 5.32 Å². The molecule has 0 aromatic heterocycles. The van der Waals surface area contributed by atoms with Crippen molar-refractivity contribution in [2.45, 2.75) is 38.3 Å². The predicted octanol–water partition coefficient (Wildman–Crippen LogP) is 0.973. The summed E-state index contributed by atoms with van der Waals surface area (Å²) in [6.07, 6.45) is 2.57. The van der Waals surface area contributed by atoms with Gasteiger partial charge in [-0.3, -0.25) is 4.79 Å². The van der Waals surface area contributed by atoms with Gasteiger partial charge in [0, 0.05) is 5.56 Å². The number of ether oxygens (including phenoxy) is 1. The van der Waals surface area contributed by atoms with E-state index in [-0.39, 0.29) is 11.9 Å². The van der Waals surface area contributed by atoms with Gasteiger partial charge in [-0.2, -0.15) is 0 Å². The monoisotopic (exact) mass is 261 g/mol. The lowest BCUT2D eigenvalue weighted by Crippen LogP contribution is -2.42. The standard InChI is InChI=1S/C15H19NO3/c1-9-5-6-12(11-4-2-3-10(9)11)15(18)16-13-7-19-8-14(13)17/h5-6,13-14,17H,2-4,7-8H2,1H3,(H,16,18)/t13-,14-/m0/s1. The second kappa shape index (κ2) is 4.94. The second-order valence-electron chi connectivity index (χ2n) is 5.43. The minimum Gasteiger partial charge on any atom is -0.388 e. The largest absolute Gasteiger partial charge is 0.388 e. The Morgan fingerprint density at radius 1 is 1.32 bits per heavy atom. The Morgan fingerprint density at radius 3 is 2.84 bits per heavy atom. The lowest BCUT2D eigenvalue weighted by atomic mass is 9.98. The van der Waals surface area contributed by atoms with Crippen LogP contribution in [0.3, 0.4) is 0 Å². The zero-order valence-corrected chi connectivity index (χ0v) is 11.1. The van der Waals surface area contributed by atoms with Gasteiger partial charge in [0.1, 0.15) is 0 Å². The van der Waals surface area contributed by atoms with Gasteiger partial charge in [-0.15, -0.1) is 0 Å². The molecule has 1 amide bonds. The number of aliphatic hydroxyl groups excluding tert-OH is 1. The van der Waals surface area contributed by atoms with Gasteiger partial charge < -0.3 is 15.2 Å². The number of benzene rings is 1. The Hall–Kier alpha value is -1.39. The predicted molar refractivity (Wildman–Crippen MR) is 71.3 cm³/mol. The smallest absolute Gasteiger partial charge is 0.251 e. The van der Waals surface area contributed by atoms with Gasteiger partial charge in [-0.25, -0.2) is 0 Å². The highest BCUT2D eigenvalue weighted by molar-refractivity contribution is 5.96. The normalized spacial score (nSPS) is 25.4. The molecule has 2 aliphatic rings. The Bertz CT molecular complexity index is 512. The molecule has 19 heavy (non-hydrogen) atoms. The van der Waals surface area contributed by atoms with Crippen molar-refractivity contribution in [2.75, 3.05) is 13.2 Å². The van der Waals surface area contributed by atoms with Crippen molar-refractivity contribution < 1.29 is 14.6 Å². The molecule has 1 aromatic carbocycles. The van der Waals surface area contributed by atoms with Gasteiger partial charge in [0.05, 0.1) is 25.4 Å². The van der Waals surface area contributed by atoms with Gasteiger partial charge in [0.2, 0.25) is 0 Å². The van der Waals surface area contributed by atoms with E-state index in [1.54, 1.807) is 0 Å². The summed E-state index contributed by atoms with van der Waals surface area (Å²) in [6.45, 7) is 2.79. The number of nitrogens with one attached hydrogen (secondary N) is 1. The molecule has 1 saturated heterocycles. The highest BCUT2D eigenvalue weighted by Crippen LogP contribution is 2.28. The molecule has 0 bridgehead atoms. The zero-order valence-electron chi connectivity index (χ0n) is 11.1. The first-order valence-corrected chi connectivity index (χ1v) is 6.85. The molecule has 2 N–H and O–H groups in total. The third kappa shape index (κ3) is 2.26. The van der Waals surface area contributed by atoms with Crippen LogP contribution in [0.2, 0.25) is 0 Å². The van der Waals surface area contributed by atoms with Crippen LogP contribution < -0.4 is 5.32 Å². The quantitative estimate of drug-likeness (QED) is 0.834. The molecule has 0 spiro atoms. The van der Waals surface area contributed by atoms with Crippen molar-refractivity contribution in [3.05, 3.63) is 34.4 Å². The van der Waals surface area contributed by atoms with E-state index in [1.807, 2.05) is 12.1 Å². The van der Waals surface area contributed by atoms with Crippen molar-refractivity contribution >= 4 is 5.91 Å². The van der Waals surface area contributed by atoms with Crippen LogP contribution in [0.4, 0.5) is 0 Å². The van der Waals surface area contributed by atoms with Gasteiger partial charge in [-0.05, 0) is 48.9 Å². The molecular formula is C15H19NO3. The number of aliphatic hydroxyl groups is 1. The Labute approximate surface area is 112 Å². The summed E-state index contributed by atoms with van der Waals surface area (Å²) in [4.78, 5) is 12.3. The summed E-state index contributed by atoms with van der Waals surface area (Å²) in [7, 11) is 0. The lowest BCUT2D eigenvalue weighted by molar-refractivity contribution is 0.0885. The van der Waals surface area contributed by atoms with Crippen LogP contribution in [0.15, 0.2) is 12.1 Å². The maximum absolute atomic E-state index is 12.3. The van der Waals surface area contributed by atoms with Crippen LogP contribution in [0, 0.1) is 6.92 Å². The van der Waals surface area contributed by atoms with E-state index >= 15 is 0 Å². The van der Waals surface area contributed by atoms with Crippen molar-refractivity contribution in [1.29, 1.82) is 0 Å².